The Hall–Kier alpha value is -2.40. The number of Topliss-reactive ketones (excluding diaryl/α,β-unsaturated/α-hetero) is 1. The molecule has 0 saturated carbocycles. The topological polar surface area (TPSA) is 71.3 Å². The van der Waals surface area contributed by atoms with Gasteiger partial charge in [-0.05, 0) is 38.0 Å². The van der Waals surface area contributed by atoms with Crippen molar-refractivity contribution in [3.8, 4) is 0 Å². The minimum Gasteiger partial charge on any atom is -0.468 e. The molecule has 0 aliphatic carbocycles. The van der Waals surface area contributed by atoms with Gasteiger partial charge in [-0.1, -0.05) is 30.3 Å². The molecular weight excluding hydrogens is 292 g/mol. The first-order valence-corrected chi connectivity index (χ1v) is 7.67. The van der Waals surface area contributed by atoms with Gasteiger partial charge in [-0.25, -0.2) is 0 Å². The number of furan rings is 1. The molecule has 0 fully saturated rings. The van der Waals surface area contributed by atoms with E-state index in [4.69, 9.17) is 4.42 Å². The zero-order valence-corrected chi connectivity index (χ0v) is 13.4. The molecule has 1 aromatic heterocycles. The standard InChI is InChI=1S/C18H22N2O3/c1-13(17-9-6-10-23-17)19-12-18(22)20-16(14(2)21)11-15-7-4-3-5-8-15/h3-10,13,16,19H,11-12H2,1-2H3,(H,20,22)/t13-,16+/m0/s1. The van der Waals surface area contributed by atoms with Gasteiger partial charge >= 0.3 is 0 Å². The van der Waals surface area contributed by atoms with E-state index in [2.05, 4.69) is 10.6 Å². The molecule has 0 aliphatic rings. The maximum atomic E-state index is 12.1. The van der Waals surface area contributed by atoms with E-state index < -0.39 is 6.04 Å². The summed E-state index contributed by atoms with van der Waals surface area (Å²) in [6.07, 6.45) is 2.09. The van der Waals surface area contributed by atoms with Crippen LogP contribution < -0.4 is 10.6 Å². The fraction of sp³-hybridized carbons (Fsp3) is 0.333. The molecular formula is C18H22N2O3. The minimum absolute atomic E-state index is 0.0544. The Labute approximate surface area is 136 Å². The molecule has 1 aromatic carbocycles. The summed E-state index contributed by atoms with van der Waals surface area (Å²) in [5.74, 6) is 0.506. The Morgan fingerprint density at radius 3 is 2.48 bits per heavy atom. The van der Waals surface area contributed by atoms with Crippen LogP contribution in [0.3, 0.4) is 0 Å². The number of rotatable bonds is 8. The second-order valence-electron chi connectivity index (χ2n) is 5.54. The van der Waals surface area contributed by atoms with Crippen LogP contribution in [-0.4, -0.2) is 24.3 Å². The molecule has 5 heteroatoms. The summed E-state index contributed by atoms with van der Waals surface area (Å²) in [5.41, 5.74) is 1.02. The highest BCUT2D eigenvalue weighted by atomic mass is 16.3. The SMILES string of the molecule is CC(=O)[C@@H](Cc1ccccc1)NC(=O)CN[C@@H](C)c1ccco1. The Morgan fingerprint density at radius 2 is 1.87 bits per heavy atom. The molecule has 0 aliphatic heterocycles. The van der Waals surface area contributed by atoms with Gasteiger partial charge < -0.3 is 9.73 Å². The molecule has 0 unspecified atom stereocenters. The Kier molecular flexibility index (Phi) is 6.11. The van der Waals surface area contributed by atoms with Crippen LogP contribution in [-0.2, 0) is 16.0 Å². The first kappa shape index (κ1) is 17.0. The molecule has 2 atom stereocenters. The highest BCUT2D eigenvalue weighted by Crippen LogP contribution is 2.11. The van der Waals surface area contributed by atoms with E-state index in [9.17, 15) is 9.59 Å². The van der Waals surface area contributed by atoms with Gasteiger partial charge in [0.15, 0.2) is 5.78 Å². The molecule has 5 nitrogen and oxygen atoms in total. The summed E-state index contributed by atoms with van der Waals surface area (Å²) >= 11 is 0. The van der Waals surface area contributed by atoms with Crippen LogP contribution >= 0.6 is 0 Å². The summed E-state index contributed by atoms with van der Waals surface area (Å²) < 4.78 is 5.28. The molecule has 2 aromatic rings. The number of ketones is 1. The van der Waals surface area contributed by atoms with E-state index in [0.29, 0.717) is 6.42 Å². The van der Waals surface area contributed by atoms with Gasteiger partial charge in [0.05, 0.1) is 24.9 Å². The van der Waals surface area contributed by atoms with E-state index in [1.807, 2.05) is 43.3 Å². The number of carbonyl (C=O) groups excluding carboxylic acids is 2. The summed E-state index contributed by atoms with van der Waals surface area (Å²) in [5, 5.41) is 5.86. The number of hydrogen-bond donors (Lipinski definition) is 2. The van der Waals surface area contributed by atoms with Gasteiger partial charge in [0.2, 0.25) is 5.91 Å². The highest BCUT2D eigenvalue weighted by Gasteiger charge is 2.18. The minimum atomic E-state index is -0.509. The van der Waals surface area contributed by atoms with Crippen LogP contribution in [0.4, 0.5) is 0 Å². The fourth-order valence-electron chi connectivity index (χ4n) is 2.28. The van der Waals surface area contributed by atoms with Crippen molar-refractivity contribution in [2.75, 3.05) is 6.54 Å². The zero-order valence-electron chi connectivity index (χ0n) is 13.4. The van der Waals surface area contributed by atoms with Gasteiger partial charge in [0, 0.05) is 0 Å². The molecule has 0 saturated heterocycles. The van der Waals surface area contributed by atoms with Gasteiger partial charge in [0.1, 0.15) is 5.76 Å². The summed E-state index contributed by atoms with van der Waals surface area (Å²) in [6.45, 7) is 3.53. The zero-order chi connectivity index (χ0) is 16.7. The molecule has 0 radical (unpaired) electrons. The van der Waals surface area contributed by atoms with Crippen LogP contribution in [0.5, 0.6) is 0 Å². The molecule has 0 bridgehead atoms. The lowest BCUT2D eigenvalue weighted by atomic mass is 10.0. The smallest absolute Gasteiger partial charge is 0.234 e. The molecule has 0 spiro atoms. The second kappa shape index (κ2) is 8.29. The normalized spacial score (nSPS) is 13.3. The van der Waals surface area contributed by atoms with Crippen LogP contribution in [0, 0.1) is 0 Å². The predicted molar refractivity (Wildman–Crippen MR) is 87.9 cm³/mol. The van der Waals surface area contributed by atoms with Crippen LogP contribution in [0.2, 0.25) is 0 Å². The van der Waals surface area contributed by atoms with Crippen LogP contribution in [0.15, 0.2) is 53.1 Å². The van der Waals surface area contributed by atoms with Crippen molar-refractivity contribution >= 4 is 11.7 Å². The molecule has 23 heavy (non-hydrogen) atoms. The fourth-order valence-corrected chi connectivity index (χ4v) is 2.28. The third-order valence-corrected chi connectivity index (χ3v) is 3.65. The number of carbonyl (C=O) groups is 2. The Balaban J connectivity index is 1.84. The average molecular weight is 314 g/mol. The quantitative estimate of drug-likeness (QED) is 0.784. The van der Waals surface area contributed by atoms with Crippen molar-refractivity contribution in [2.45, 2.75) is 32.4 Å². The van der Waals surface area contributed by atoms with E-state index >= 15 is 0 Å². The first-order valence-electron chi connectivity index (χ1n) is 7.67. The van der Waals surface area contributed by atoms with Crippen molar-refractivity contribution in [3.05, 3.63) is 60.1 Å². The molecule has 2 N–H and O–H groups in total. The lowest BCUT2D eigenvalue weighted by Crippen LogP contribution is -2.45. The summed E-state index contributed by atoms with van der Waals surface area (Å²) in [6, 6.07) is 12.7. The van der Waals surface area contributed by atoms with Gasteiger partial charge in [-0.2, -0.15) is 0 Å². The second-order valence-corrected chi connectivity index (χ2v) is 5.54. The van der Waals surface area contributed by atoms with Crippen molar-refractivity contribution in [1.82, 2.24) is 10.6 Å². The monoisotopic (exact) mass is 314 g/mol. The van der Waals surface area contributed by atoms with Crippen molar-refractivity contribution in [1.29, 1.82) is 0 Å². The number of amides is 1. The van der Waals surface area contributed by atoms with Crippen molar-refractivity contribution in [3.63, 3.8) is 0 Å². The molecule has 2 rings (SSSR count). The predicted octanol–water partition coefficient (Wildman–Crippen LogP) is 2.25. The first-order chi connectivity index (χ1) is 11.1. The lowest BCUT2D eigenvalue weighted by molar-refractivity contribution is -0.126. The van der Waals surface area contributed by atoms with Crippen LogP contribution in [0.25, 0.3) is 0 Å². The molecule has 1 amide bonds. The maximum absolute atomic E-state index is 12.1. The number of hydrogen-bond acceptors (Lipinski definition) is 4. The van der Waals surface area contributed by atoms with E-state index in [1.165, 1.54) is 6.92 Å². The third-order valence-electron chi connectivity index (χ3n) is 3.65. The van der Waals surface area contributed by atoms with Gasteiger partial charge in [0.25, 0.3) is 0 Å². The van der Waals surface area contributed by atoms with E-state index in [1.54, 1.807) is 12.3 Å². The van der Waals surface area contributed by atoms with Crippen molar-refractivity contribution in [2.24, 2.45) is 0 Å². The number of nitrogens with one attached hydrogen (secondary N) is 2. The largest absolute Gasteiger partial charge is 0.468 e. The van der Waals surface area contributed by atoms with Crippen molar-refractivity contribution < 1.29 is 14.0 Å². The van der Waals surface area contributed by atoms with Crippen LogP contribution in [0.1, 0.15) is 31.2 Å². The van der Waals surface area contributed by atoms with E-state index in [0.717, 1.165) is 11.3 Å². The van der Waals surface area contributed by atoms with Gasteiger partial charge in [-0.3, -0.25) is 14.9 Å². The summed E-state index contributed by atoms with van der Waals surface area (Å²) in [4.78, 5) is 23.8. The molecule has 1 heterocycles. The lowest BCUT2D eigenvalue weighted by Gasteiger charge is -2.17. The van der Waals surface area contributed by atoms with Gasteiger partial charge in [-0.15, -0.1) is 0 Å². The highest BCUT2D eigenvalue weighted by molar-refractivity contribution is 5.88. The Morgan fingerprint density at radius 1 is 1.13 bits per heavy atom. The molecule has 122 valence electrons. The van der Waals surface area contributed by atoms with E-state index in [-0.39, 0.29) is 24.3 Å². The average Bonchev–Trinajstić information content (AvgIpc) is 3.07. The third kappa shape index (κ3) is 5.38. The Bertz CT molecular complexity index is 623. The number of benzene rings is 1. The summed E-state index contributed by atoms with van der Waals surface area (Å²) in [7, 11) is 0. The maximum Gasteiger partial charge on any atom is 0.234 e.